The van der Waals surface area contributed by atoms with E-state index in [-0.39, 0.29) is 31.0 Å². The van der Waals surface area contributed by atoms with Gasteiger partial charge in [0, 0.05) is 37.0 Å². The second-order valence-electron chi connectivity index (χ2n) is 8.69. The van der Waals surface area contributed by atoms with E-state index in [2.05, 4.69) is 15.1 Å². The van der Waals surface area contributed by atoms with Gasteiger partial charge in [0.05, 0.1) is 30.7 Å². The molecular weight excluding hydrogens is 451 g/mol. The maximum absolute atomic E-state index is 13.0. The molecule has 0 radical (unpaired) electrons. The van der Waals surface area contributed by atoms with E-state index in [0.29, 0.717) is 42.4 Å². The van der Waals surface area contributed by atoms with Crippen molar-refractivity contribution >= 4 is 6.03 Å². The van der Waals surface area contributed by atoms with E-state index < -0.39 is 17.8 Å². The zero-order valence-corrected chi connectivity index (χ0v) is 18.0. The van der Waals surface area contributed by atoms with Crippen LogP contribution in [0.15, 0.2) is 53.3 Å². The number of nitrogens with zero attached hydrogens (tertiary/aromatic N) is 5. The fourth-order valence-corrected chi connectivity index (χ4v) is 4.44. The van der Waals surface area contributed by atoms with Crippen molar-refractivity contribution in [2.24, 2.45) is 0 Å². The van der Waals surface area contributed by atoms with Gasteiger partial charge in [-0.15, -0.1) is 0 Å². The Morgan fingerprint density at radius 3 is 2.38 bits per heavy atom. The van der Waals surface area contributed by atoms with Crippen molar-refractivity contribution in [3.63, 3.8) is 0 Å². The van der Waals surface area contributed by atoms with E-state index in [1.54, 1.807) is 34.3 Å². The Morgan fingerprint density at radius 2 is 1.74 bits per heavy atom. The van der Waals surface area contributed by atoms with E-state index in [4.69, 9.17) is 4.52 Å². The fourth-order valence-electron chi connectivity index (χ4n) is 4.44. The van der Waals surface area contributed by atoms with Crippen molar-refractivity contribution in [3.8, 4) is 11.4 Å². The maximum Gasteiger partial charge on any atom is 0.416 e. The molecule has 4 heterocycles. The number of benzene rings is 1. The lowest BCUT2D eigenvalue weighted by Gasteiger charge is -2.43. The molecule has 1 aromatic carbocycles. The highest BCUT2D eigenvalue weighted by Gasteiger charge is 2.39. The lowest BCUT2D eigenvalue weighted by atomic mass is 9.84. The SMILES string of the molecule is O=C(N1CC(O)C1)N1CC(c2ccc(C(F)(F)F)cc2)CC(c2nc(-c3cccnc3)no2)C1. The molecule has 2 aliphatic heterocycles. The number of hydrogen-bond donors (Lipinski definition) is 1. The number of urea groups is 1. The number of hydrogen-bond acceptors (Lipinski definition) is 6. The summed E-state index contributed by atoms with van der Waals surface area (Å²) in [6.45, 7) is 1.20. The zero-order chi connectivity index (χ0) is 23.9. The summed E-state index contributed by atoms with van der Waals surface area (Å²) < 4.78 is 44.6. The number of β-amino-alcohol motifs (C(OH)–C–C–N with tert-alkyl or cyclic N) is 1. The van der Waals surface area contributed by atoms with Crippen LogP contribution in [0.4, 0.5) is 18.0 Å². The first-order valence-corrected chi connectivity index (χ1v) is 10.9. The molecule has 2 aliphatic rings. The highest BCUT2D eigenvalue weighted by Crippen LogP contribution is 2.38. The average molecular weight is 473 g/mol. The monoisotopic (exact) mass is 473 g/mol. The van der Waals surface area contributed by atoms with Crippen molar-refractivity contribution < 1.29 is 27.6 Å². The van der Waals surface area contributed by atoms with Crippen LogP contribution in [0, 0.1) is 0 Å². The van der Waals surface area contributed by atoms with Crippen LogP contribution in [0.3, 0.4) is 0 Å². The van der Waals surface area contributed by atoms with Crippen molar-refractivity contribution in [3.05, 3.63) is 65.8 Å². The van der Waals surface area contributed by atoms with Crippen LogP contribution in [0.25, 0.3) is 11.4 Å². The lowest BCUT2D eigenvalue weighted by Crippen LogP contribution is -2.59. The Bertz CT molecular complexity index is 1150. The van der Waals surface area contributed by atoms with Crippen LogP contribution >= 0.6 is 0 Å². The van der Waals surface area contributed by atoms with Gasteiger partial charge in [-0.05, 0) is 36.2 Å². The van der Waals surface area contributed by atoms with Crippen LogP contribution in [0.1, 0.15) is 35.3 Å². The topological polar surface area (TPSA) is 95.6 Å². The van der Waals surface area contributed by atoms with Gasteiger partial charge in [0.15, 0.2) is 0 Å². The highest BCUT2D eigenvalue weighted by molar-refractivity contribution is 5.75. The molecule has 178 valence electrons. The molecule has 5 rings (SSSR count). The molecule has 0 bridgehead atoms. The minimum atomic E-state index is -4.42. The minimum Gasteiger partial charge on any atom is -0.389 e. The number of likely N-dealkylation sites (tertiary alicyclic amines) is 2. The molecule has 0 spiro atoms. The van der Waals surface area contributed by atoms with Gasteiger partial charge in [-0.3, -0.25) is 4.98 Å². The molecule has 8 nitrogen and oxygen atoms in total. The number of carbonyl (C=O) groups is 1. The predicted molar refractivity (Wildman–Crippen MR) is 114 cm³/mol. The summed E-state index contributed by atoms with van der Waals surface area (Å²) in [7, 11) is 0. The Kier molecular flexibility index (Phi) is 5.72. The van der Waals surface area contributed by atoms with E-state index in [1.165, 1.54) is 12.1 Å². The summed E-state index contributed by atoms with van der Waals surface area (Å²) in [4.78, 5) is 24.8. The number of rotatable bonds is 3. The van der Waals surface area contributed by atoms with Crippen LogP contribution in [-0.2, 0) is 6.18 Å². The van der Waals surface area contributed by atoms with Crippen LogP contribution in [-0.4, -0.2) is 68.3 Å². The molecule has 2 amide bonds. The summed E-state index contributed by atoms with van der Waals surface area (Å²) in [6, 6.07) is 8.38. The van der Waals surface area contributed by atoms with Gasteiger partial charge in [0.2, 0.25) is 11.7 Å². The summed E-state index contributed by atoms with van der Waals surface area (Å²) in [5.74, 6) is 0.222. The lowest BCUT2D eigenvalue weighted by molar-refractivity contribution is -0.137. The predicted octanol–water partition coefficient (Wildman–Crippen LogP) is 3.52. The van der Waals surface area contributed by atoms with E-state index in [9.17, 15) is 23.1 Å². The highest BCUT2D eigenvalue weighted by atomic mass is 19.4. The summed E-state index contributed by atoms with van der Waals surface area (Å²) >= 11 is 0. The standard InChI is InChI=1S/C23H22F3N5O3/c24-23(25,26)18-5-3-14(4-6-18)16-8-17(11-30(10-16)22(33)31-12-19(32)13-31)21-28-20(29-34-21)15-2-1-7-27-9-15/h1-7,9,16-17,19,32H,8,10-13H2. The first kappa shape index (κ1) is 22.3. The Hall–Kier alpha value is -3.47. The fraction of sp³-hybridized carbons (Fsp3) is 0.391. The van der Waals surface area contributed by atoms with Gasteiger partial charge in [-0.2, -0.15) is 18.2 Å². The summed E-state index contributed by atoms with van der Waals surface area (Å²) in [5.41, 5.74) is 0.672. The smallest absolute Gasteiger partial charge is 0.389 e. The average Bonchev–Trinajstić information content (AvgIpc) is 3.32. The van der Waals surface area contributed by atoms with Crippen LogP contribution < -0.4 is 0 Å². The third-order valence-corrected chi connectivity index (χ3v) is 6.27. The molecule has 0 saturated carbocycles. The largest absolute Gasteiger partial charge is 0.416 e. The molecule has 0 aliphatic carbocycles. The van der Waals surface area contributed by atoms with Crippen molar-refractivity contribution in [2.75, 3.05) is 26.2 Å². The second-order valence-corrected chi connectivity index (χ2v) is 8.69. The van der Waals surface area contributed by atoms with Gasteiger partial charge < -0.3 is 19.4 Å². The molecule has 2 atom stereocenters. The summed E-state index contributed by atoms with van der Waals surface area (Å²) in [5, 5.41) is 13.6. The molecule has 1 N–H and O–H groups in total. The van der Waals surface area contributed by atoms with Crippen LogP contribution in [0.5, 0.6) is 0 Å². The van der Waals surface area contributed by atoms with Crippen molar-refractivity contribution in [1.29, 1.82) is 0 Å². The summed E-state index contributed by atoms with van der Waals surface area (Å²) in [6.07, 6.45) is -1.16. The molecule has 2 fully saturated rings. The molecule has 34 heavy (non-hydrogen) atoms. The van der Waals surface area contributed by atoms with E-state index in [1.807, 2.05) is 0 Å². The van der Waals surface area contributed by atoms with Gasteiger partial charge in [-0.25, -0.2) is 4.79 Å². The third-order valence-electron chi connectivity index (χ3n) is 6.27. The molecule has 2 saturated heterocycles. The number of aromatic nitrogens is 3. The number of alkyl halides is 3. The number of halogens is 3. The normalized spacial score (nSPS) is 21.4. The number of piperidine rings is 1. The Morgan fingerprint density at radius 1 is 1.03 bits per heavy atom. The first-order valence-electron chi connectivity index (χ1n) is 10.9. The maximum atomic E-state index is 13.0. The number of pyridine rings is 1. The number of aliphatic hydroxyl groups excluding tert-OH is 1. The van der Waals surface area contributed by atoms with Crippen LogP contribution in [0.2, 0.25) is 0 Å². The van der Waals surface area contributed by atoms with Gasteiger partial charge in [0.1, 0.15) is 0 Å². The second kappa shape index (κ2) is 8.71. The van der Waals surface area contributed by atoms with Gasteiger partial charge >= 0.3 is 12.2 Å². The van der Waals surface area contributed by atoms with Crippen molar-refractivity contribution in [2.45, 2.75) is 30.5 Å². The molecule has 2 aromatic heterocycles. The molecule has 11 heteroatoms. The number of aliphatic hydroxyl groups is 1. The Labute approximate surface area is 193 Å². The zero-order valence-electron chi connectivity index (χ0n) is 18.0. The van der Waals surface area contributed by atoms with Gasteiger partial charge in [-0.1, -0.05) is 17.3 Å². The molecular formula is C23H22F3N5O3. The third kappa shape index (κ3) is 4.47. The van der Waals surface area contributed by atoms with E-state index >= 15 is 0 Å². The molecule has 3 aromatic rings. The quantitative estimate of drug-likeness (QED) is 0.626. The first-order chi connectivity index (χ1) is 16.3. The van der Waals surface area contributed by atoms with E-state index in [0.717, 1.165) is 12.1 Å². The Balaban J connectivity index is 1.41. The van der Waals surface area contributed by atoms with Crippen molar-refractivity contribution in [1.82, 2.24) is 24.9 Å². The minimum absolute atomic E-state index is 0.218. The number of carbonyl (C=O) groups excluding carboxylic acids is 1. The number of amides is 2. The van der Waals surface area contributed by atoms with Gasteiger partial charge in [0.25, 0.3) is 0 Å². The molecule has 2 unspecified atom stereocenters.